The summed E-state index contributed by atoms with van der Waals surface area (Å²) in [5.41, 5.74) is 1.84. The second-order valence-corrected chi connectivity index (χ2v) is 4.08. The maximum Gasteiger partial charge on any atom is 0.181 e. The van der Waals surface area contributed by atoms with Crippen molar-refractivity contribution in [1.82, 2.24) is 4.98 Å². The molecule has 0 amide bonds. The molecule has 78 valence electrons. The SMILES string of the molecule is CSc1ccccc1-c1ocnc1CCl. The Morgan fingerprint density at radius 3 is 2.93 bits per heavy atom. The molecule has 0 saturated carbocycles. The minimum atomic E-state index is 0.370. The van der Waals surface area contributed by atoms with E-state index in [1.165, 1.54) is 11.3 Å². The van der Waals surface area contributed by atoms with Gasteiger partial charge < -0.3 is 4.42 Å². The van der Waals surface area contributed by atoms with Gasteiger partial charge in [-0.05, 0) is 12.3 Å². The van der Waals surface area contributed by atoms with Crippen molar-refractivity contribution in [3.05, 3.63) is 36.4 Å². The molecule has 0 fully saturated rings. The molecule has 2 aromatic rings. The highest BCUT2D eigenvalue weighted by molar-refractivity contribution is 7.98. The van der Waals surface area contributed by atoms with E-state index in [2.05, 4.69) is 11.1 Å². The summed E-state index contributed by atoms with van der Waals surface area (Å²) in [6.07, 6.45) is 3.47. The third kappa shape index (κ3) is 2.03. The van der Waals surface area contributed by atoms with Gasteiger partial charge in [0, 0.05) is 10.5 Å². The minimum Gasteiger partial charge on any atom is -0.443 e. The van der Waals surface area contributed by atoms with Gasteiger partial charge in [0.15, 0.2) is 12.2 Å². The number of thioether (sulfide) groups is 1. The van der Waals surface area contributed by atoms with Crippen LogP contribution in [0.3, 0.4) is 0 Å². The van der Waals surface area contributed by atoms with Crippen LogP contribution in [0.1, 0.15) is 5.69 Å². The van der Waals surface area contributed by atoms with Gasteiger partial charge in [-0.3, -0.25) is 0 Å². The highest BCUT2D eigenvalue weighted by Crippen LogP contribution is 2.32. The van der Waals surface area contributed by atoms with Crippen molar-refractivity contribution in [2.24, 2.45) is 0 Å². The first-order chi connectivity index (χ1) is 7.36. The van der Waals surface area contributed by atoms with Crippen molar-refractivity contribution >= 4 is 23.4 Å². The zero-order chi connectivity index (χ0) is 10.7. The Labute approximate surface area is 97.7 Å². The van der Waals surface area contributed by atoms with E-state index >= 15 is 0 Å². The lowest BCUT2D eigenvalue weighted by molar-refractivity contribution is 0.570. The van der Waals surface area contributed by atoms with Crippen LogP contribution in [0.15, 0.2) is 40.0 Å². The summed E-state index contributed by atoms with van der Waals surface area (Å²) >= 11 is 7.47. The number of hydrogen-bond acceptors (Lipinski definition) is 3. The third-order valence-corrected chi connectivity index (χ3v) is 3.17. The van der Waals surface area contributed by atoms with Crippen molar-refractivity contribution in [3.63, 3.8) is 0 Å². The molecule has 2 nitrogen and oxygen atoms in total. The Morgan fingerprint density at radius 1 is 1.40 bits per heavy atom. The topological polar surface area (TPSA) is 26.0 Å². The second kappa shape index (κ2) is 4.73. The van der Waals surface area contributed by atoms with Crippen LogP contribution < -0.4 is 0 Å². The standard InChI is InChI=1S/C11H10ClNOS/c1-15-10-5-3-2-4-8(10)11-9(6-12)13-7-14-11/h2-5,7H,6H2,1H3. The first-order valence-electron chi connectivity index (χ1n) is 4.48. The fraction of sp³-hybridized carbons (Fsp3) is 0.182. The molecule has 0 unspecified atom stereocenters. The molecule has 1 heterocycles. The lowest BCUT2D eigenvalue weighted by atomic mass is 10.1. The van der Waals surface area contributed by atoms with Crippen LogP contribution in [0.25, 0.3) is 11.3 Å². The van der Waals surface area contributed by atoms with Crippen LogP contribution in [0, 0.1) is 0 Å². The number of nitrogens with zero attached hydrogens (tertiary/aromatic N) is 1. The summed E-state index contributed by atoms with van der Waals surface area (Å²) in [6, 6.07) is 8.06. The summed E-state index contributed by atoms with van der Waals surface area (Å²) in [7, 11) is 0. The summed E-state index contributed by atoms with van der Waals surface area (Å²) in [5.74, 6) is 1.14. The maximum absolute atomic E-state index is 5.79. The molecule has 0 bridgehead atoms. The average molecular weight is 240 g/mol. The van der Waals surface area contributed by atoms with Crippen molar-refractivity contribution < 1.29 is 4.42 Å². The number of rotatable bonds is 3. The van der Waals surface area contributed by atoms with Gasteiger partial charge in [0.2, 0.25) is 0 Å². The molecule has 0 atom stereocenters. The quantitative estimate of drug-likeness (QED) is 0.602. The molecule has 1 aromatic heterocycles. The Bertz CT molecular complexity index is 455. The van der Waals surface area contributed by atoms with Crippen LogP contribution in [-0.2, 0) is 5.88 Å². The van der Waals surface area contributed by atoms with E-state index in [1.807, 2.05) is 24.5 Å². The number of aromatic nitrogens is 1. The number of hydrogen-bond donors (Lipinski definition) is 0. The summed E-state index contributed by atoms with van der Waals surface area (Å²) in [6.45, 7) is 0. The molecule has 1 aromatic carbocycles. The van der Waals surface area contributed by atoms with E-state index in [0.717, 1.165) is 17.0 Å². The van der Waals surface area contributed by atoms with E-state index in [4.69, 9.17) is 16.0 Å². The van der Waals surface area contributed by atoms with Gasteiger partial charge in [-0.15, -0.1) is 23.4 Å². The maximum atomic E-state index is 5.79. The Hall–Kier alpha value is -0.930. The summed E-state index contributed by atoms with van der Waals surface area (Å²) < 4.78 is 5.38. The second-order valence-electron chi connectivity index (χ2n) is 2.96. The zero-order valence-corrected chi connectivity index (χ0v) is 9.81. The van der Waals surface area contributed by atoms with Crippen LogP contribution in [-0.4, -0.2) is 11.2 Å². The van der Waals surface area contributed by atoms with Crippen molar-refractivity contribution in [1.29, 1.82) is 0 Å². The van der Waals surface area contributed by atoms with Gasteiger partial charge in [-0.1, -0.05) is 18.2 Å². The summed E-state index contributed by atoms with van der Waals surface area (Å²) in [4.78, 5) is 5.25. The highest BCUT2D eigenvalue weighted by Gasteiger charge is 2.12. The Kier molecular flexibility index (Phi) is 3.34. The molecule has 0 N–H and O–H groups in total. The van der Waals surface area contributed by atoms with Crippen LogP contribution in [0.4, 0.5) is 0 Å². The van der Waals surface area contributed by atoms with Crippen LogP contribution >= 0.6 is 23.4 Å². The molecule has 0 aliphatic carbocycles. The fourth-order valence-corrected chi connectivity index (χ4v) is 2.20. The third-order valence-electron chi connectivity index (χ3n) is 2.12. The monoisotopic (exact) mass is 239 g/mol. The van der Waals surface area contributed by atoms with Crippen molar-refractivity contribution in [2.75, 3.05) is 6.26 Å². The molecule has 15 heavy (non-hydrogen) atoms. The van der Waals surface area contributed by atoms with Gasteiger partial charge in [0.1, 0.15) is 5.69 Å². The van der Waals surface area contributed by atoms with E-state index < -0.39 is 0 Å². The Morgan fingerprint density at radius 2 is 2.20 bits per heavy atom. The van der Waals surface area contributed by atoms with Gasteiger partial charge in [0.05, 0.1) is 5.88 Å². The molecular weight excluding hydrogens is 230 g/mol. The normalized spacial score (nSPS) is 10.5. The molecule has 2 rings (SSSR count). The number of benzene rings is 1. The molecule has 4 heteroatoms. The molecule has 0 aliphatic heterocycles. The smallest absolute Gasteiger partial charge is 0.181 e. The summed E-state index contributed by atoms with van der Waals surface area (Å²) in [5, 5.41) is 0. The van der Waals surface area contributed by atoms with Gasteiger partial charge >= 0.3 is 0 Å². The average Bonchev–Trinajstić information content (AvgIpc) is 2.76. The zero-order valence-electron chi connectivity index (χ0n) is 8.24. The van der Waals surface area contributed by atoms with E-state index in [-0.39, 0.29) is 0 Å². The lowest BCUT2D eigenvalue weighted by Gasteiger charge is -2.04. The highest BCUT2D eigenvalue weighted by atomic mass is 35.5. The minimum absolute atomic E-state index is 0.370. The lowest BCUT2D eigenvalue weighted by Crippen LogP contribution is -1.85. The van der Waals surface area contributed by atoms with Gasteiger partial charge in [-0.25, -0.2) is 4.98 Å². The number of halogens is 1. The molecule has 0 spiro atoms. The first-order valence-corrected chi connectivity index (χ1v) is 6.24. The molecule has 0 radical (unpaired) electrons. The predicted molar refractivity (Wildman–Crippen MR) is 63.3 cm³/mol. The predicted octanol–water partition coefficient (Wildman–Crippen LogP) is 3.80. The number of oxazole rings is 1. The van der Waals surface area contributed by atoms with E-state index in [9.17, 15) is 0 Å². The largest absolute Gasteiger partial charge is 0.443 e. The Balaban J connectivity index is 2.53. The van der Waals surface area contributed by atoms with E-state index in [1.54, 1.807) is 11.8 Å². The van der Waals surface area contributed by atoms with Crippen molar-refractivity contribution in [3.8, 4) is 11.3 Å². The van der Waals surface area contributed by atoms with E-state index in [0.29, 0.717) is 5.88 Å². The first kappa shape index (κ1) is 10.6. The molecular formula is C11H10ClNOS. The van der Waals surface area contributed by atoms with Gasteiger partial charge in [0.25, 0.3) is 0 Å². The number of alkyl halides is 1. The molecule has 0 aliphatic rings. The van der Waals surface area contributed by atoms with Crippen LogP contribution in [0.5, 0.6) is 0 Å². The molecule has 0 saturated heterocycles. The van der Waals surface area contributed by atoms with Gasteiger partial charge in [-0.2, -0.15) is 0 Å². The fourth-order valence-electron chi connectivity index (χ4n) is 1.42. The van der Waals surface area contributed by atoms with Crippen LogP contribution in [0.2, 0.25) is 0 Å². The van der Waals surface area contributed by atoms with Crippen molar-refractivity contribution in [2.45, 2.75) is 10.8 Å².